The van der Waals surface area contributed by atoms with Crippen LogP contribution in [0.25, 0.3) is 0 Å². The highest BCUT2D eigenvalue weighted by Gasteiger charge is 2.10. The summed E-state index contributed by atoms with van der Waals surface area (Å²) in [6, 6.07) is 2.21. The summed E-state index contributed by atoms with van der Waals surface area (Å²) in [4.78, 5) is 7.84. The minimum atomic E-state index is 0.500. The molecule has 0 fully saturated rings. The van der Waals surface area contributed by atoms with Crippen LogP contribution in [0.1, 0.15) is 28.9 Å². The number of nitriles is 1. The molecule has 0 aliphatic rings. The summed E-state index contributed by atoms with van der Waals surface area (Å²) in [7, 11) is 4.07. The number of aryl methyl sites for hydroxylation is 1. The molecular weight excluding hydrogens is 206 g/mol. The molecule has 4 heteroatoms. The van der Waals surface area contributed by atoms with Crippen LogP contribution in [-0.2, 0) is 19.4 Å². The van der Waals surface area contributed by atoms with Crippen molar-refractivity contribution >= 4 is 11.3 Å². The third-order valence-corrected chi connectivity index (χ3v) is 3.08. The quantitative estimate of drug-likeness (QED) is 0.768. The first kappa shape index (κ1) is 12.2. The first-order valence-electron chi connectivity index (χ1n) is 5.16. The number of aromatic nitrogens is 1. The summed E-state index contributed by atoms with van der Waals surface area (Å²) in [5, 5.41) is 9.84. The Morgan fingerprint density at radius 2 is 2.20 bits per heavy atom. The van der Waals surface area contributed by atoms with Crippen molar-refractivity contribution in [3.8, 4) is 6.07 Å². The summed E-state index contributed by atoms with van der Waals surface area (Å²) >= 11 is 1.68. The second kappa shape index (κ2) is 5.84. The first-order valence-corrected chi connectivity index (χ1v) is 5.98. The molecule has 1 heterocycles. The Balaban J connectivity index is 2.83. The van der Waals surface area contributed by atoms with Crippen molar-refractivity contribution in [1.29, 1.82) is 5.26 Å². The van der Waals surface area contributed by atoms with Crippen LogP contribution in [-0.4, -0.2) is 24.0 Å². The van der Waals surface area contributed by atoms with Crippen LogP contribution in [0, 0.1) is 11.3 Å². The fourth-order valence-electron chi connectivity index (χ4n) is 1.42. The van der Waals surface area contributed by atoms with E-state index in [-0.39, 0.29) is 0 Å². The highest BCUT2D eigenvalue weighted by Crippen LogP contribution is 2.21. The van der Waals surface area contributed by atoms with E-state index in [1.165, 1.54) is 0 Å². The van der Waals surface area contributed by atoms with Crippen molar-refractivity contribution in [2.75, 3.05) is 14.1 Å². The monoisotopic (exact) mass is 223 g/mol. The van der Waals surface area contributed by atoms with Crippen LogP contribution < -0.4 is 0 Å². The van der Waals surface area contributed by atoms with Gasteiger partial charge in [-0.05, 0) is 20.5 Å². The lowest BCUT2D eigenvalue weighted by atomic mass is 10.2. The molecule has 0 amide bonds. The van der Waals surface area contributed by atoms with Crippen LogP contribution in [0.15, 0.2) is 0 Å². The molecule has 0 saturated heterocycles. The molecule has 82 valence electrons. The molecule has 0 unspecified atom stereocenters. The molecule has 0 radical (unpaired) electrons. The molecule has 0 spiro atoms. The second-order valence-electron chi connectivity index (χ2n) is 3.80. The van der Waals surface area contributed by atoms with E-state index in [1.54, 1.807) is 11.3 Å². The Labute approximate surface area is 95.4 Å². The molecule has 0 atom stereocenters. The Hall–Kier alpha value is -0.920. The normalized spacial score (nSPS) is 10.6. The average molecular weight is 223 g/mol. The smallest absolute Gasteiger partial charge is 0.107 e. The van der Waals surface area contributed by atoms with E-state index in [0.29, 0.717) is 6.42 Å². The molecule has 0 saturated carbocycles. The zero-order valence-corrected chi connectivity index (χ0v) is 10.4. The zero-order valence-electron chi connectivity index (χ0n) is 9.58. The van der Waals surface area contributed by atoms with Gasteiger partial charge in [-0.3, -0.25) is 0 Å². The summed E-state index contributed by atoms with van der Waals surface area (Å²) in [6.45, 7) is 3.01. The third kappa shape index (κ3) is 3.61. The highest BCUT2D eigenvalue weighted by atomic mass is 32.1. The number of nitrogens with zero attached hydrogens (tertiary/aromatic N) is 3. The van der Waals surface area contributed by atoms with Gasteiger partial charge in [-0.25, -0.2) is 4.98 Å². The fourth-order valence-corrected chi connectivity index (χ4v) is 2.58. The predicted octanol–water partition coefficient (Wildman–Crippen LogP) is 2.22. The number of thiazole rings is 1. The standard InChI is InChI=1S/C11H17N3S/c1-4-5-9-10(6-7-12)15-11(13-9)8-14(2)3/h4-6,8H2,1-3H3. The molecule has 15 heavy (non-hydrogen) atoms. The van der Waals surface area contributed by atoms with Crippen LogP contribution >= 0.6 is 11.3 Å². The van der Waals surface area contributed by atoms with Gasteiger partial charge < -0.3 is 4.90 Å². The fraction of sp³-hybridized carbons (Fsp3) is 0.636. The largest absolute Gasteiger partial charge is 0.303 e. The topological polar surface area (TPSA) is 39.9 Å². The van der Waals surface area contributed by atoms with Crippen LogP contribution in [0.2, 0.25) is 0 Å². The van der Waals surface area contributed by atoms with Gasteiger partial charge in [-0.1, -0.05) is 13.3 Å². The van der Waals surface area contributed by atoms with Crippen molar-refractivity contribution < 1.29 is 0 Å². The van der Waals surface area contributed by atoms with Crippen molar-refractivity contribution in [2.45, 2.75) is 32.7 Å². The maximum Gasteiger partial charge on any atom is 0.107 e. The Kier molecular flexibility index (Phi) is 4.73. The summed E-state index contributed by atoms with van der Waals surface area (Å²) in [5.74, 6) is 0. The summed E-state index contributed by atoms with van der Waals surface area (Å²) < 4.78 is 0. The van der Waals surface area contributed by atoms with Crippen molar-refractivity contribution in [1.82, 2.24) is 9.88 Å². The zero-order chi connectivity index (χ0) is 11.3. The van der Waals surface area contributed by atoms with E-state index in [0.717, 1.165) is 35.0 Å². The molecule has 0 bridgehead atoms. The van der Waals surface area contributed by atoms with E-state index in [2.05, 4.69) is 22.9 Å². The molecule has 0 aromatic carbocycles. The van der Waals surface area contributed by atoms with Gasteiger partial charge >= 0.3 is 0 Å². The Morgan fingerprint density at radius 3 is 2.73 bits per heavy atom. The maximum atomic E-state index is 8.72. The van der Waals surface area contributed by atoms with Crippen molar-refractivity contribution in [2.24, 2.45) is 0 Å². The summed E-state index contributed by atoms with van der Waals surface area (Å²) in [6.07, 6.45) is 2.57. The number of hydrogen-bond donors (Lipinski definition) is 0. The van der Waals surface area contributed by atoms with E-state index in [1.807, 2.05) is 14.1 Å². The maximum absolute atomic E-state index is 8.72. The minimum absolute atomic E-state index is 0.500. The predicted molar refractivity (Wildman–Crippen MR) is 62.8 cm³/mol. The lowest BCUT2D eigenvalue weighted by Gasteiger charge is -2.04. The molecule has 1 rings (SSSR count). The molecule has 0 aliphatic carbocycles. The molecule has 0 aliphatic heterocycles. The molecule has 3 nitrogen and oxygen atoms in total. The number of rotatable bonds is 5. The number of hydrogen-bond acceptors (Lipinski definition) is 4. The molecule has 1 aromatic heterocycles. The SMILES string of the molecule is CCCc1nc(CN(C)C)sc1CC#N. The van der Waals surface area contributed by atoms with Crippen molar-refractivity contribution in [3.05, 3.63) is 15.6 Å². The first-order chi connectivity index (χ1) is 7.17. The highest BCUT2D eigenvalue weighted by molar-refractivity contribution is 7.11. The van der Waals surface area contributed by atoms with Gasteiger partial charge in [0.05, 0.1) is 18.2 Å². The average Bonchev–Trinajstić information content (AvgIpc) is 2.48. The lowest BCUT2D eigenvalue weighted by molar-refractivity contribution is 0.401. The summed E-state index contributed by atoms with van der Waals surface area (Å²) in [5.41, 5.74) is 1.13. The van der Waals surface area contributed by atoms with Crippen LogP contribution in [0.3, 0.4) is 0 Å². The second-order valence-corrected chi connectivity index (χ2v) is 4.97. The molecule has 0 N–H and O–H groups in total. The Bertz CT molecular complexity index is 349. The van der Waals surface area contributed by atoms with Crippen LogP contribution in [0.5, 0.6) is 0 Å². The van der Waals surface area contributed by atoms with Gasteiger partial charge in [0.25, 0.3) is 0 Å². The van der Waals surface area contributed by atoms with Crippen molar-refractivity contribution in [3.63, 3.8) is 0 Å². The van der Waals surface area contributed by atoms with E-state index < -0.39 is 0 Å². The van der Waals surface area contributed by atoms with Gasteiger partial charge in [-0.2, -0.15) is 5.26 Å². The van der Waals surface area contributed by atoms with Gasteiger partial charge in [0.1, 0.15) is 5.01 Å². The van der Waals surface area contributed by atoms with E-state index in [4.69, 9.17) is 5.26 Å². The van der Waals surface area contributed by atoms with Gasteiger partial charge in [0.15, 0.2) is 0 Å². The van der Waals surface area contributed by atoms with Crippen LogP contribution in [0.4, 0.5) is 0 Å². The molecule has 1 aromatic rings. The lowest BCUT2D eigenvalue weighted by Crippen LogP contribution is -2.10. The van der Waals surface area contributed by atoms with Gasteiger partial charge in [0, 0.05) is 11.4 Å². The minimum Gasteiger partial charge on any atom is -0.303 e. The van der Waals surface area contributed by atoms with E-state index >= 15 is 0 Å². The third-order valence-electron chi connectivity index (χ3n) is 2.00. The van der Waals surface area contributed by atoms with Gasteiger partial charge in [0.2, 0.25) is 0 Å². The van der Waals surface area contributed by atoms with Gasteiger partial charge in [-0.15, -0.1) is 11.3 Å². The Morgan fingerprint density at radius 1 is 1.47 bits per heavy atom. The molecular formula is C11H17N3S. The van der Waals surface area contributed by atoms with E-state index in [9.17, 15) is 0 Å².